The second-order valence-electron chi connectivity index (χ2n) is 5.93. The van der Waals surface area contributed by atoms with Crippen LogP contribution in [-0.4, -0.2) is 24.0 Å². The molecule has 1 fully saturated rings. The van der Waals surface area contributed by atoms with Crippen molar-refractivity contribution < 1.29 is 4.39 Å². The first kappa shape index (κ1) is 15.5. The molecule has 2 nitrogen and oxygen atoms in total. The highest BCUT2D eigenvalue weighted by Crippen LogP contribution is 2.31. The standard InChI is InChI=1S/C17H27FN2/c1-3-6-15-7-4-5-10-20(15)17(12-19)16-9-8-14(18)11-13(16)2/h8-9,11,15,17H,3-7,10,12,19H2,1-2H3. The molecule has 0 aromatic heterocycles. The van der Waals surface area contributed by atoms with E-state index in [-0.39, 0.29) is 11.9 Å². The molecular weight excluding hydrogens is 251 g/mol. The number of nitrogens with two attached hydrogens (primary N) is 1. The molecular formula is C17H27FN2. The van der Waals surface area contributed by atoms with E-state index < -0.39 is 0 Å². The van der Waals surface area contributed by atoms with Gasteiger partial charge in [-0.15, -0.1) is 0 Å². The summed E-state index contributed by atoms with van der Waals surface area (Å²) in [5.41, 5.74) is 8.27. The molecule has 0 bridgehead atoms. The third kappa shape index (κ3) is 3.39. The van der Waals surface area contributed by atoms with E-state index >= 15 is 0 Å². The Morgan fingerprint density at radius 2 is 2.20 bits per heavy atom. The third-order valence-electron chi connectivity index (χ3n) is 4.51. The minimum Gasteiger partial charge on any atom is -0.329 e. The summed E-state index contributed by atoms with van der Waals surface area (Å²) in [5.74, 6) is -0.161. The van der Waals surface area contributed by atoms with Gasteiger partial charge in [0.1, 0.15) is 5.82 Å². The Hall–Kier alpha value is -0.930. The van der Waals surface area contributed by atoms with Crippen LogP contribution in [0.1, 0.15) is 56.2 Å². The molecule has 0 amide bonds. The smallest absolute Gasteiger partial charge is 0.123 e. The number of hydrogen-bond acceptors (Lipinski definition) is 2. The van der Waals surface area contributed by atoms with Crippen molar-refractivity contribution >= 4 is 0 Å². The molecule has 0 radical (unpaired) electrons. The third-order valence-corrected chi connectivity index (χ3v) is 4.51. The van der Waals surface area contributed by atoms with E-state index in [4.69, 9.17) is 5.73 Å². The Kier molecular flexibility index (Phi) is 5.55. The van der Waals surface area contributed by atoms with Gasteiger partial charge in [-0.2, -0.15) is 0 Å². The van der Waals surface area contributed by atoms with Crippen LogP contribution in [0, 0.1) is 12.7 Å². The van der Waals surface area contributed by atoms with Gasteiger partial charge in [0, 0.05) is 18.6 Å². The highest BCUT2D eigenvalue weighted by atomic mass is 19.1. The van der Waals surface area contributed by atoms with Crippen LogP contribution in [0.3, 0.4) is 0 Å². The fraction of sp³-hybridized carbons (Fsp3) is 0.647. The Balaban J connectivity index is 2.25. The van der Waals surface area contributed by atoms with Crippen molar-refractivity contribution in [3.63, 3.8) is 0 Å². The van der Waals surface area contributed by atoms with Gasteiger partial charge >= 0.3 is 0 Å². The highest BCUT2D eigenvalue weighted by molar-refractivity contribution is 5.30. The molecule has 1 aliphatic rings. The minimum absolute atomic E-state index is 0.161. The molecule has 20 heavy (non-hydrogen) atoms. The van der Waals surface area contributed by atoms with E-state index in [1.807, 2.05) is 13.0 Å². The number of nitrogens with zero attached hydrogens (tertiary/aromatic N) is 1. The molecule has 0 saturated carbocycles. The predicted molar refractivity (Wildman–Crippen MR) is 82.2 cm³/mol. The summed E-state index contributed by atoms with van der Waals surface area (Å²) in [7, 11) is 0. The van der Waals surface area contributed by atoms with Crippen molar-refractivity contribution in [1.29, 1.82) is 0 Å². The molecule has 1 aliphatic heterocycles. The largest absolute Gasteiger partial charge is 0.329 e. The summed E-state index contributed by atoms with van der Waals surface area (Å²) in [4.78, 5) is 2.56. The predicted octanol–water partition coefficient (Wildman–Crippen LogP) is 3.79. The van der Waals surface area contributed by atoms with Crippen molar-refractivity contribution in [3.05, 3.63) is 35.1 Å². The fourth-order valence-electron chi connectivity index (χ4n) is 3.53. The lowest BCUT2D eigenvalue weighted by Crippen LogP contribution is -2.44. The van der Waals surface area contributed by atoms with Crippen LogP contribution < -0.4 is 5.73 Å². The van der Waals surface area contributed by atoms with Gasteiger partial charge in [0.2, 0.25) is 0 Å². The maximum atomic E-state index is 13.3. The van der Waals surface area contributed by atoms with Crippen molar-refractivity contribution in [2.75, 3.05) is 13.1 Å². The summed E-state index contributed by atoms with van der Waals surface area (Å²) in [6.45, 7) is 5.95. The second-order valence-corrected chi connectivity index (χ2v) is 5.93. The van der Waals surface area contributed by atoms with E-state index in [9.17, 15) is 4.39 Å². The molecule has 1 heterocycles. The molecule has 112 valence electrons. The van der Waals surface area contributed by atoms with Crippen LogP contribution in [-0.2, 0) is 0 Å². The zero-order valence-corrected chi connectivity index (χ0v) is 12.7. The molecule has 2 rings (SSSR count). The van der Waals surface area contributed by atoms with Crippen LogP contribution in [0.15, 0.2) is 18.2 Å². The monoisotopic (exact) mass is 278 g/mol. The van der Waals surface area contributed by atoms with Crippen LogP contribution in [0.25, 0.3) is 0 Å². The van der Waals surface area contributed by atoms with E-state index in [0.717, 1.165) is 12.1 Å². The van der Waals surface area contributed by atoms with Gasteiger partial charge in [-0.1, -0.05) is 25.8 Å². The average molecular weight is 278 g/mol. The van der Waals surface area contributed by atoms with Crippen molar-refractivity contribution in [3.8, 4) is 0 Å². The topological polar surface area (TPSA) is 29.3 Å². The normalized spacial score (nSPS) is 21.9. The van der Waals surface area contributed by atoms with Gasteiger partial charge < -0.3 is 5.73 Å². The van der Waals surface area contributed by atoms with E-state index in [1.165, 1.54) is 37.7 Å². The lowest BCUT2D eigenvalue weighted by Gasteiger charge is -2.41. The maximum absolute atomic E-state index is 13.3. The number of hydrogen-bond donors (Lipinski definition) is 1. The molecule has 2 atom stereocenters. The van der Waals surface area contributed by atoms with Crippen LogP contribution in [0.2, 0.25) is 0 Å². The summed E-state index contributed by atoms with van der Waals surface area (Å²) >= 11 is 0. The Labute approximate surface area is 122 Å². The Morgan fingerprint density at radius 3 is 2.85 bits per heavy atom. The zero-order valence-electron chi connectivity index (χ0n) is 12.7. The summed E-state index contributed by atoms with van der Waals surface area (Å²) in [6.07, 6.45) is 6.28. The van der Waals surface area contributed by atoms with E-state index in [0.29, 0.717) is 12.6 Å². The van der Waals surface area contributed by atoms with Gasteiger partial charge in [0.15, 0.2) is 0 Å². The first-order valence-electron chi connectivity index (χ1n) is 7.89. The zero-order chi connectivity index (χ0) is 14.5. The summed E-state index contributed by atoms with van der Waals surface area (Å²) < 4.78 is 13.3. The molecule has 1 aromatic rings. The lowest BCUT2D eigenvalue weighted by molar-refractivity contribution is 0.0909. The first-order valence-corrected chi connectivity index (χ1v) is 7.89. The Morgan fingerprint density at radius 1 is 1.40 bits per heavy atom. The van der Waals surface area contributed by atoms with Crippen LogP contribution in [0.4, 0.5) is 4.39 Å². The lowest BCUT2D eigenvalue weighted by atomic mass is 9.92. The number of rotatable bonds is 5. The molecule has 3 heteroatoms. The molecule has 2 unspecified atom stereocenters. The number of likely N-dealkylation sites (tertiary alicyclic amines) is 1. The van der Waals surface area contributed by atoms with Crippen molar-refractivity contribution in [2.24, 2.45) is 5.73 Å². The average Bonchev–Trinajstić information content (AvgIpc) is 2.44. The second kappa shape index (κ2) is 7.19. The van der Waals surface area contributed by atoms with Gasteiger partial charge in [-0.25, -0.2) is 4.39 Å². The number of piperidine rings is 1. The number of aryl methyl sites for hydroxylation is 1. The molecule has 0 spiro atoms. The van der Waals surface area contributed by atoms with Gasteiger partial charge in [0.25, 0.3) is 0 Å². The molecule has 1 aromatic carbocycles. The fourth-order valence-corrected chi connectivity index (χ4v) is 3.53. The van der Waals surface area contributed by atoms with Gasteiger partial charge in [-0.05, 0) is 56.0 Å². The van der Waals surface area contributed by atoms with Crippen LogP contribution >= 0.6 is 0 Å². The maximum Gasteiger partial charge on any atom is 0.123 e. The Bertz CT molecular complexity index is 431. The first-order chi connectivity index (χ1) is 9.67. The number of halogens is 1. The summed E-state index contributed by atoms with van der Waals surface area (Å²) in [5, 5.41) is 0. The van der Waals surface area contributed by atoms with Crippen molar-refractivity contribution in [1.82, 2.24) is 4.90 Å². The SMILES string of the molecule is CCCC1CCCCN1C(CN)c1ccc(F)cc1C. The van der Waals surface area contributed by atoms with Crippen LogP contribution in [0.5, 0.6) is 0 Å². The highest BCUT2D eigenvalue weighted by Gasteiger charge is 2.29. The molecule has 2 N–H and O–H groups in total. The van der Waals surface area contributed by atoms with Gasteiger partial charge in [0.05, 0.1) is 0 Å². The summed E-state index contributed by atoms with van der Waals surface area (Å²) in [6, 6.07) is 5.96. The minimum atomic E-state index is -0.161. The van der Waals surface area contributed by atoms with Crippen molar-refractivity contribution in [2.45, 2.75) is 58.0 Å². The molecule has 0 aliphatic carbocycles. The number of benzene rings is 1. The van der Waals surface area contributed by atoms with E-state index in [2.05, 4.69) is 11.8 Å². The van der Waals surface area contributed by atoms with Gasteiger partial charge in [-0.3, -0.25) is 4.90 Å². The molecule has 1 saturated heterocycles. The quantitative estimate of drug-likeness (QED) is 0.888. The van der Waals surface area contributed by atoms with E-state index in [1.54, 1.807) is 12.1 Å².